The molecule has 1 aromatic rings. The largest absolute Gasteiger partial charge is 0.381 e. The molecule has 1 heterocycles. The van der Waals surface area contributed by atoms with E-state index in [-0.39, 0.29) is 11.9 Å². The second-order valence-corrected chi connectivity index (χ2v) is 4.90. The van der Waals surface area contributed by atoms with Crippen molar-refractivity contribution in [2.24, 2.45) is 5.73 Å². The fourth-order valence-electron chi connectivity index (χ4n) is 2.15. The summed E-state index contributed by atoms with van der Waals surface area (Å²) in [6.45, 7) is 3.72. The van der Waals surface area contributed by atoms with Crippen LogP contribution in [0.25, 0.3) is 0 Å². The minimum Gasteiger partial charge on any atom is -0.381 e. The second kappa shape index (κ2) is 7.09. The van der Waals surface area contributed by atoms with E-state index in [1.807, 2.05) is 25.1 Å². The summed E-state index contributed by atoms with van der Waals surface area (Å²) in [5.74, 6) is 5.77. The molecule has 106 valence electrons. The lowest BCUT2D eigenvalue weighted by Crippen LogP contribution is -2.38. The number of ether oxygens (including phenoxy) is 1. The van der Waals surface area contributed by atoms with Gasteiger partial charge in [-0.2, -0.15) is 0 Å². The maximum atomic E-state index is 12.2. The van der Waals surface area contributed by atoms with Crippen LogP contribution in [0.4, 0.5) is 0 Å². The van der Waals surface area contributed by atoms with Crippen molar-refractivity contribution in [3.8, 4) is 11.8 Å². The van der Waals surface area contributed by atoms with E-state index in [2.05, 4.69) is 17.2 Å². The number of benzene rings is 1. The average Bonchev–Trinajstić information content (AvgIpc) is 2.47. The van der Waals surface area contributed by atoms with E-state index in [0.29, 0.717) is 25.3 Å². The first kappa shape index (κ1) is 14.6. The number of aryl methyl sites for hydroxylation is 1. The number of nitrogens with two attached hydrogens (primary N) is 1. The molecule has 3 N–H and O–H groups in total. The summed E-state index contributed by atoms with van der Waals surface area (Å²) in [6.07, 6.45) is 1.74. The SMILES string of the molecule is Cc1ccc(C(=O)NC2CCOCC2)cc1C#CCN. The Balaban J connectivity index is 2.09. The van der Waals surface area contributed by atoms with Gasteiger partial charge in [-0.05, 0) is 37.5 Å². The highest BCUT2D eigenvalue weighted by atomic mass is 16.5. The van der Waals surface area contributed by atoms with Gasteiger partial charge < -0.3 is 15.8 Å². The van der Waals surface area contributed by atoms with Crippen molar-refractivity contribution < 1.29 is 9.53 Å². The number of rotatable bonds is 2. The van der Waals surface area contributed by atoms with Crippen molar-refractivity contribution in [3.05, 3.63) is 34.9 Å². The number of hydrogen-bond acceptors (Lipinski definition) is 3. The van der Waals surface area contributed by atoms with Gasteiger partial charge in [0.15, 0.2) is 0 Å². The molecule has 4 nitrogen and oxygen atoms in total. The van der Waals surface area contributed by atoms with Crippen molar-refractivity contribution in [2.75, 3.05) is 19.8 Å². The molecule has 1 aliphatic heterocycles. The third-order valence-corrected chi connectivity index (χ3v) is 3.38. The van der Waals surface area contributed by atoms with E-state index in [1.165, 1.54) is 0 Å². The lowest BCUT2D eigenvalue weighted by Gasteiger charge is -2.23. The van der Waals surface area contributed by atoms with Gasteiger partial charge in [0, 0.05) is 30.4 Å². The van der Waals surface area contributed by atoms with Crippen molar-refractivity contribution >= 4 is 5.91 Å². The van der Waals surface area contributed by atoms with Crippen LogP contribution in [0, 0.1) is 18.8 Å². The van der Waals surface area contributed by atoms with Gasteiger partial charge in [0.05, 0.1) is 6.54 Å². The molecule has 0 spiro atoms. The Hall–Kier alpha value is -1.83. The summed E-state index contributed by atoms with van der Waals surface area (Å²) in [6, 6.07) is 5.78. The zero-order valence-electron chi connectivity index (χ0n) is 11.7. The van der Waals surface area contributed by atoms with Crippen LogP contribution >= 0.6 is 0 Å². The van der Waals surface area contributed by atoms with E-state index in [0.717, 1.165) is 24.0 Å². The zero-order valence-corrected chi connectivity index (χ0v) is 11.7. The molecule has 0 radical (unpaired) electrons. The van der Waals surface area contributed by atoms with Gasteiger partial charge in [-0.15, -0.1) is 0 Å². The predicted molar refractivity (Wildman–Crippen MR) is 78.4 cm³/mol. The summed E-state index contributed by atoms with van der Waals surface area (Å²) in [7, 11) is 0. The van der Waals surface area contributed by atoms with Crippen LogP contribution in [0.15, 0.2) is 18.2 Å². The molecule has 1 aromatic carbocycles. The highest BCUT2D eigenvalue weighted by molar-refractivity contribution is 5.94. The van der Waals surface area contributed by atoms with Crippen LogP contribution < -0.4 is 11.1 Å². The van der Waals surface area contributed by atoms with Gasteiger partial charge in [-0.1, -0.05) is 17.9 Å². The van der Waals surface area contributed by atoms with Crippen molar-refractivity contribution in [2.45, 2.75) is 25.8 Å². The molecule has 0 bridgehead atoms. The Kier molecular flexibility index (Phi) is 5.16. The fraction of sp³-hybridized carbons (Fsp3) is 0.438. The standard InChI is InChI=1S/C16H20N2O2/c1-12-4-5-14(11-13(12)3-2-8-17)16(19)18-15-6-9-20-10-7-15/h4-5,11,15H,6-10,17H2,1H3,(H,18,19). The molecule has 1 aliphatic rings. The number of hydrogen-bond donors (Lipinski definition) is 2. The Bertz CT molecular complexity index is 537. The first-order valence-electron chi connectivity index (χ1n) is 6.89. The van der Waals surface area contributed by atoms with E-state index in [9.17, 15) is 4.79 Å². The Labute approximate surface area is 119 Å². The highest BCUT2D eigenvalue weighted by Crippen LogP contribution is 2.12. The Morgan fingerprint density at radius 2 is 2.20 bits per heavy atom. The van der Waals surface area contributed by atoms with Crippen LogP contribution in [-0.2, 0) is 4.74 Å². The van der Waals surface area contributed by atoms with Crippen LogP contribution in [0.3, 0.4) is 0 Å². The molecule has 0 saturated carbocycles. The van der Waals surface area contributed by atoms with Crippen LogP contribution in [0.2, 0.25) is 0 Å². The van der Waals surface area contributed by atoms with Gasteiger partial charge in [0.25, 0.3) is 5.91 Å². The van der Waals surface area contributed by atoms with Gasteiger partial charge in [-0.3, -0.25) is 4.79 Å². The number of carbonyl (C=O) groups is 1. The van der Waals surface area contributed by atoms with Crippen molar-refractivity contribution in [3.63, 3.8) is 0 Å². The third-order valence-electron chi connectivity index (χ3n) is 3.38. The summed E-state index contributed by atoms with van der Waals surface area (Å²) in [5, 5.41) is 3.05. The fourth-order valence-corrected chi connectivity index (χ4v) is 2.15. The Morgan fingerprint density at radius 3 is 2.90 bits per heavy atom. The number of nitrogens with one attached hydrogen (secondary N) is 1. The molecule has 0 aromatic heterocycles. The quantitative estimate of drug-likeness (QED) is 0.796. The molecule has 0 unspecified atom stereocenters. The minimum absolute atomic E-state index is 0.0484. The topological polar surface area (TPSA) is 64.3 Å². The lowest BCUT2D eigenvalue weighted by atomic mass is 10.0. The zero-order chi connectivity index (χ0) is 14.4. The molecule has 20 heavy (non-hydrogen) atoms. The minimum atomic E-state index is -0.0484. The maximum Gasteiger partial charge on any atom is 0.251 e. The molecule has 0 atom stereocenters. The first-order valence-corrected chi connectivity index (χ1v) is 6.89. The van der Waals surface area contributed by atoms with E-state index in [1.54, 1.807) is 0 Å². The van der Waals surface area contributed by atoms with E-state index in [4.69, 9.17) is 10.5 Å². The molecule has 0 aliphatic carbocycles. The normalized spacial score (nSPS) is 15.3. The number of amides is 1. The van der Waals surface area contributed by atoms with Gasteiger partial charge in [-0.25, -0.2) is 0 Å². The average molecular weight is 272 g/mol. The molecule has 4 heteroatoms. The summed E-state index contributed by atoms with van der Waals surface area (Å²) in [4.78, 5) is 12.2. The maximum absolute atomic E-state index is 12.2. The monoisotopic (exact) mass is 272 g/mol. The highest BCUT2D eigenvalue weighted by Gasteiger charge is 2.17. The van der Waals surface area contributed by atoms with Crippen molar-refractivity contribution in [1.29, 1.82) is 0 Å². The van der Waals surface area contributed by atoms with Crippen LogP contribution in [0.5, 0.6) is 0 Å². The van der Waals surface area contributed by atoms with Crippen molar-refractivity contribution in [1.82, 2.24) is 5.32 Å². The first-order chi connectivity index (χ1) is 9.70. The smallest absolute Gasteiger partial charge is 0.251 e. The second-order valence-electron chi connectivity index (χ2n) is 4.90. The summed E-state index contributed by atoms with van der Waals surface area (Å²) >= 11 is 0. The number of carbonyl (C=O) groups excluding carboxylic acids is 1. The molecule has 1 saturated heterocycles. The molecule has 1 amide bonds. The van der Waals surface area contributed by atoms with Crippen LogP contribution in [0.1, 0.15) is 34.3 Å². The van der Waals surface area contributed by atoms with Gasteiger partial charge in [0.2, 0.25) is 0 Å². The molecular formula is C16H20N2O2. The molecule has 2 rings (SSSR count). The molecular weight excluding hydrogens is 252 g/mol. The van der Waals surface area contributed by atoms with Gasteiger partial charge >= 0.3 is 0 Å². The van der Waals surface area contributed by atoms with E-state index >= 15 is 0 Å². The predicted octanol–water partition coefficient (Wildman–Crippen LogP) is 1.21. The van der Waals surface area contributed by atoms with E-state index < -0.39 is 0 Å². The summed E-state index contributed by atoms with van der Waals surface area (Å²) < 4.78 is 5.28. The lowest BCUT2D eigenvalue weighted by molar-refractivity contribution is 0.0696. The third kappa shape index (κ3) is 3.83. The van der Waals surface area contributed by atoms with Gasteiger partial charge in [0.1, 0.15) is 0 Å². The van der Waals surface area contributed by atoms with Crippen LogP contribution in [-0.4, -0.2) is 31.7 Å². The Morgan fingerprint density at radius 1 is 1.45 bits per heavy atom. The summed E-state index contributed by atoms with van der Waals surface area (Å²) in [5.41, 5.74) is 7.93. The molecule has 1 fully saturated rings.